The summed E-state index contributed by atoms with van der Waals surface area (Å²) in [7, 11) is 0. The van der Waals surface area contributed by atoms with Gasteiger partial charge in [0.15, 0.2) is 0 Å². The molecule has 2 amide bonds. The van der Waals surface area contributed by atoms with Crippen LogP contribution in [0.4, 0.5) is 11.4 Å². The largest absolute Gasteiger partial charge is 0.494 e. The highest BCUT2D eigenvalue weighted by Crippen LogP contribution is 2.35. The first kappa shape index (κ1) is 21.7. The van der Waals surface area contributed by atoms with Gasteiger partial charge >= 0.3 is 0 Å². The Bertz CT molecular complexity index is 1230. The zero-order chi connectivity index (χ0) is 22.8. The van der Waals surface area contributed by atoms with Crippen LogP contribution in [0.25, 0.3) is 5.57 Å². The van der Waals surface area contributed by atoms with Gasteiger partial charge in [-0.1, -0.05) is 53.6 Å². The van der Waals surface area contributed by atoms with Crippen molar-refractivity contribution in [1.82, 2.24) is 0 Å². The van der Waals surface area contributed by atoms with Gasteiger partial charge in [0.05, 0.1) is 17.9 Å². The van der Waals surface area contributed by atoms with E-state index >= 15 is 0 Å². The quantitative estimate of drug-likeness (QED) is 0.489. The zero-order valence-corrected chi connectivity index (χ0v) is 18.9. The summed E-state index contributed by atoms with van der Waals surface area (Å²) < 4.78 is 5.56. The molecular formula is C26H23ClN2O3. The Balaban J connectivity index is 1.82. The highest BCUT2D eigenvalue weighted by Gasteiger charge is 2.40. The fourth-order valence-electron chi connectivity index (χ4n) is 3.61. The Hall–Kier alpha value is -3.57. The number of imide groups is 1. The number of hydrogen-bond donors (Lipinski definition) is 1. The molecule has 0 spiro atoms. The molecule has 3 aromatic carbocycles. The highest BCUT2D eigenvalue weighted by atomic mass is 35.5. The Morgan fingerprint density at radius 1 is 0.938 bits per heavy atom. The summed E-state index contributed by atoms with van der Waals surface area (Å²) >= 11 is 6.18. The lowest BCUT2D eigenvalue weighted by atomic mass is 10.0. The maximum atomic E-state index is 13.6. The van der Waals surface area contributed by atoms with Crippen molar-refractivity contribution in [2.45, 2.75) is 20.8 Å². The maximum Gasteiger partial charge on any atom is 0.282 e. The second-order valence-corrected chi connectivity index (χ2v) is 8.01. The van der Waals surface area contributed by atoms with E-state index in [1.54, 1.807) is 36.4 Å². The van der Waals surface area contributed by atoms with Crippen LogP contribution in [0.5, 0.6) is 5.75 Å². The number of nitrogens with zero attached hydrogens (tertiary/aromatic N) is 1. The summed E-state index contributed by atoms with van der Waals surface area (Å²) in [5.41, 5.74) is 4.29. The van der Waals surface area contributed by atoms with Gasteiger partial charge in [-0.05, 0) is 56.2 Å². The molecule has 0 saturated heterocycles. The Morgan fingerprint density at radius 2 is 1.69 bits per heavy atom. The van der Waals surface area contributed by atoms with Gasteiger partial charge in [-0.25, -0.2) is 4.90 Å². The fourth-order valence-corrected chi connectivity index (χ4v) is 3.78. The van der Waals surface area contributed by atoms with Crippen LogP contribution in [0.3, 0.4) is 0 Å². The SMILES string of the molecule is CCOc1cccc(N2C(=O)C(Nc3cc(Cl)ccc3C)=C(c3ccc(C)cc3)C2=O)c1. The third-order valence-electron chi connectivity index (χ3n) is 5.27. The molecule has 0 saturated carbocycles. The van der Waals surface area contributed by atoms with Gasteiger partial charge in [0.1, 0.15) is 11.4 Å². The molecule has 1 heterocycles. The maximum absolute atomic E-state index is 13.6. The number of rotatable bonds is 6. The predicted molar refractivity (Wildman–Crippen MR) is 128 cm³/mol. The second-order valence-electron chi connectivity index (χ2n) is 7.58. The molecule has 6 heteroatoms. The number of carbonyl (C=O) groups is 2. The number of halogens is 1. The number of hydrogen-bond acceptors (Lipinski definition) is 4. The topological polar surface area (TPSA) is 58.6 Å². The summed E-state index contributed by atoms with van der Waals surface area (Å²) in [6.45, 7) is 6.25. The lowest BCUT2D eigenvalue weighted by molar-refractivity contribution is -0.120. The number of carbonyl (C=O) groups excluding carboxylic acids is 2. The van der Waals surface area contributed by atoms with Crippen molar-refractivity contribution in [2.75, 3.05) is 16.8 Å². The van der Waals surface area contributed by atoms with Gasteiger partial charge in [0, 0.05) is 16.8 Å². The third kappa shape index (κ3) is 4.12. The van der Waals surface area contributed by atoms with E-state index in [1.807, 2.05) is 51.1 Å². The van der Waals surface area contributed by atoms with Crippen LogP contribution >= 0.6 is 11.6 Å². The van der Waals surface area contributed by atoms with Crippen molar-refractivity contribution in [3.63, 3.8) is 0 Å². The molecule has 32 heavy (non-hydrogen) atoms. The highest BCUT2D eigenvalue weighted by molar-refractivity contribution is 6.46. The third-order valence-corrected chi connectivity index (χ3v) is 5.51. The molecule has 5 nitrogen and oxygen atoms in total. The van der Waals surface area contributed by atoms with Gasteiger partial charge in [0.2, 0.25) is 0 Å². The van der Waals surface area contributed by atoms with E-state index in [9.17, 15) is 9.59 Å². The van der Waals surface area contributed by atoms with Crippen LogP contribution in [0.2, 0.25) is 5.02 Å². The van der Waals surface area contributed by atoms with Crippen molar-refractivity contribution >= 4 is 40.4 Å². The molecule has 0 aliphatic carbocycles. The average molecular weight is 447 g/mol. The molecule has 1 aliphatic rings. The molecule has 0 radical (unpaired) electrons. The minimum atomic E-state index is -0.432. The van der Waals surface area contributed by atoms with Crippen LogP contribution in [-0.2, 0) is 9.59 Å². The second kappa shape index (κ2) is 8.89. The Kier molecular flexibility index (Phi) is 6.01. The summed E-state index contributed by atoms with van der Waals surface area (Å²) in [6, 6.07) is 19.9. The van der Waals surface area contributed by atoms with Crippen LogP contribution < -0.4 is 15.0 Å². The Labute approximate surface area is 192 Å². The van der Waals surface area contributed by atoms with Crippen molar-refractivity contribution in [3.05, 3.63) is 94.1 Å². The summed E-state index contributed by atoms with van der Waals surface area (Å²) in [6.07, 6.45) is 0. The van der Waals surface area contributed by atoms with E-state index in [0.29, 0.717) is 39.9 Å². The van der Waals surface area contributed by atoms with Crippen LogP contribution in [-0.4, -0.2) is 18.4 Å². The van der Waals surface area contributed by atoms with Gasteiger partial charge in [0.25, 0.3) is 11.8 Å². The van der Waals surface area contributed by atoms with Gasteiger partial charge < -0.3 is 10.1 Å². The zero-order valence-electron chi connectivity index (χ0n) is 18.1. The van der Waals surface area contributed by atoms with E-state index in [0.717, 1.165) is 11.1 Å². The molecule has 0 atom stereocenters. The first-order valence-electron chi connectivity index (χ1n) is 10.3. The number of anilines is 2. The van der Waals surface area contributed by atoms with Crippen molar-refractivity contribution in [1.29, 1.82) is 0 Å². The minimum absolute atomic E-state index is 0.214. The normalized spacial score (nSPS) is 13.7. The molecule has 0 unspecified atom stereocenters. The molecule has 162 valence electrons. The predicted octanol–water partition coefficient (Wildman–Crippen LogP) is 5.75. The van der Waals surface area contributed by atoms with Crippen molar-refractivity contribution in [3.8, 4) is 5.75 Å². The molecule has 4 rings (SSSR count). The average Bonchev–Trinajstić information content (AvgIpc) is 3.01. The van der Waals surface area contributed by atoms with E-state index in [1.165, 1.54) is 4.90 Å². The summed E-state index contributed by atoms with van der Waals surface area (Å²) in [5, 5.41) is 3.72. The number of amides is 2. The van der Waals surface area contributed by atoms with Crippen LogP contribution in [0, 0.1) is 13.8 Å². The summed E-state index contributed by atoms with van der Waals surface area (Å²) in [5.74, 6) is -0.233. The smallest absolute Gasteiger partial charge is 0.282 e. The number of ether oxygens (including phenoxy) is 1. The molecular weight excluding hydrogens is 424 g/mol. The molecule has 1 N–H and O–H groups in total. The minimum Gasteiger partial charge on any atom is -0.494 e. The monoisotopic (exact) mass is 446 g/mol. The van der Waals surface area contributed by atoms with Crippen LogP contribution in [0.1, 0.15) is 23.6 Å². The Morgan fingerprint density at radius 3 is 2.41 bits per heavy atom. The van der Waals surface area contributed by atoms with Gasteiger partial charge in [-0.3, -0.25) is 9.59 Å². The van der Waals surface area contributed by atoms with E-state index in [-0.39, 0.29) is 5.70 Å². The van der Waals surface area contributed by atoms with E-state index < -0.39 is 11.8 Å². The molecule has 0 aromatic heterocycles. The van der Waals surface area contributed by atoms with Crippen molar-refractivity contribution in [2.24, 2.45) is 0 Å². The number of aryl methyl sites for hydroxylation is 2. The van der Waals surface area contributed by atoms with Gasteiger partial charge in [-0.2, -0.15) is 0 Å². The van der Waals surface area contributed by atoms with Gasteiger partial charge in [-0.15, -0.1) is 0 Å². The van der Waals surface area contributed by atoms with Crippen molar-refractivity contribution < 1.29 is 14.3 Å². The fraction of sp³-hybridized carbons (Fsp3) is 0.154. The van der Waals surface area contributed by atoms with E-state index in [4.69, 9.17) is 16.3 Å². The lowest BCUT2D eigenvalue weighted by Gasteiger charge is -2.17. The molecule has 0 fully saturated rings. The standard InChI is InChI=1S/C26H23ClN2O3/c1-4-32-21-7-5-6-20(15-21)29-25(30)23(18-11-8-16(2)9-12-18)24(26(29)31)28-22-14-19(27)13-10-17(22)3/h5-15,28H,4H2,1-3H3. The van der Waals surface area contributed by atoms with E-state index in [2.05, 4.69) is 5.32 Å². The number of nitrogens with one attached hydrogen (secondary N) is 1. The van der Waals surface area contributed by atoms with Crippen LogP contribution in [0.15, 0.2) is 72.4 Å². The number of benzene rings is 3. The first-order valence-corrected chi connectivity index (χ1v) is 10.7. The molecule has 3 aromatic rings. The first-order chi connectivity index (χ1) is 15.4. The molecule has 1 aliphatic heterocycles. The molecule has 0 bridgehead atoms. The lowest BCUT2D eigenvalue weighted by Crippen LogP contribution is -2.32. The summed E-state index contributed by atoms with van der Waals surface area (Å²) in [4.78, 5) is 28.3.